The molecule has 3 nitrogen and oxygen atoms in total. The Labute approximate surface area is 92.7 Å². The van der Waals surface area contributed by atoms with Gasteiger partial charge in [-0.05, 0) is 26.7 Å². The maximum Gasteiger partial charge on any atom is 0.0953 e. The SMILES string of the molecule is CCC(CC)c1cncn1C(C)(C)CN. The number of nitrogens with two attached hydrogens (primary N) is 1. The van der Waals surface area contributed by atoms with Gasteiger partial charge >= 0.3 is 0 Å². The number of hydrogen-bond acceptors (Lipinski definition) is 2. The quantitative estimate of drug-likeness (QED) is 0.809. The number of nitrogens with zero attached hydrogens (tertiary/aromatic N) is 2. The van der Waals surface area contributed by atoms with Crippen LogP contribution in [0.1, 0.15) is 52.1 Å². The highest BCUT2D eigenvalue weighted by atomic mass is 15.1. The first kappa shape index (κ1) is 12.2. The Morgan fingerprint density at radius 1 is 1.40 bits per heavy atom. The smallest absolute Gasteiger partial charge is 0.0953 e. The molecule has 0 fully saturated rings. The molecule has 0 aromatic carbocycles. The molecule has 1 aromatic rings. The van der Waals surface area contributed by atoms with Gasteiger partial charge in [-0.3, -0.25) is 0 Å². The van der Waals surface area contributed by atoms with Gasteiger partial charge in [-0.1, -0.05) is 13.8 Å². The fraction of sp³-hybridized carbons (Fsp3) is 0.750. The molecule has 1 aromatic heterocycles. The number of rotatable bonds is 5. The average Bonchev–Trinajstić information content (AvgIpc) is 2.69. The minimum atomic E-state index is -0.0333. The molecule has 0 spiro atoms. The van der Waals surface area contributed by atoms with Crippen molar-refractivity contribution in [2.24, 2.45) is 5.73 Å². The van der Waals surface area contributed by atoms with E-state index in [1.165, 1.54) is 5.69 Å². The third-order valence-electron chi connectivity index (χ3n) is 3.22. The van der Waals surface area contributed by atoms with Crippen LogP contribution in [-0.4, -0.2) is 16.1 Å². The molecular weight excluding hydrogens is 186 g/mol. The van der Waals surface area contributed by atoms with Crippen LogP contribution < -0.4 is 5.73 Å². The molecular formula is C12H23N3. The van der Waals surface area contributed by atoms with Gasteiger partial charge in [-0.15, -0.1) is 0 Å². The third kappa shape index (κ3) is 2.40. The molecule has 0 saturated carbocycles. The molecule has 0 aliphatic heterocycles. The molecule has 86 valence electrons. The Bertz CT molecular complexity index is 298. The predicted octanol–water partition coefficient (Wildman–Crippen LogP) is 2.48. The van der Waals surface area contributed by atoms with E-state index in [-0.39, 0.29) is 5.54 Å². The zero-order valence-electron chi connectivity index (χ0n) is 10.3. The maximum absolute atomic E-state index is 5.80. The highest BCUT2D eigenvalue weighted by molar-refractivity contribution is 5.09. The summed E-state index contributed by atoms with van der Waals surface area (Å²) in [5.41, 5.74) is 7.08. The third-order valence-corrected chi connectivity index (χ3v) is 3.22. The second kappa shape index (κ2) is 4.79. The Kier molecular flexibility index (Phi) is 3.91. The second-order valence-electron chi connectivity index (χ2n) is 4.72. The summed E-state index contributed by atoms with van der Waals surface area (Å²) >= 11 is 0. The fourth-order valence-corrected chi connectivity index (χ4v) is 1.92. The van der Waals surface area contributed by atoms with Gasteiger partial charge in [-0.25, -0.2) is 4.98 Å². The lowest BCUT2D eigenvalue weighted by atomic mass is 9.97. The Hall–Kier alpha value is -0.830. The van der Waals surface area contributed by atoms with Crippen molar-refractivity contribution < 1.29 is 0 Å². The molecule has 3 heteroatoms. The lowest BCUT2D eigenvalue weighted by molar-refractivity contribution is 0.346. The highest BCUT2D eigenvalue weighted by Gasteiger charge is 2.23. The van der Waals surface area contributed by atoms with Crippen LogP contribution in [0.25, 0.3) is 0 Å². The van der Waals surface area contributed by atoms with Crippen molar-refractivity contribution in [1.29, 1.82) is 0 Å². The fourth-order valence-electron chi connectivity index (χ4n) is 1.92. The topological polar surface area (TPSA) is 43.8 Å². The van der Waals surface area contributed by atoms with E-state index in [0.717, 1.165) is 12.8 Å². The summed E-state index contributed by atoms with van der Waals surface area (Å²) in [5, 5.41) is 0. The van der Waals surface area contributed by atoms with E-state index < -0.39 is 0 Å². The van der Waals surface area contributed by atoms with Crippen LogP contribution in [0, 0.1) is 0 Å². The van der Waals surface area contributed by atoms with E-state index in [1.54, 1.807) is 0 Å². The molecule has 0 atom stereocenters. The van der Waals surface area contributed by atoms with Crippen LogP contribution in [0.3, 0.4) is 0 Å². The van der Waals surface area contributed by atoms with Crippen molar-refractivity contribution in [3.8, 4) is 0 Å². The first-order valence-electron chi connectivity index (χ1n) is 5.79. The minimum absolute atomic E-state index is 0.0333. The first-order valence-corrected chi connectivity index (χ1v) is 5.79. The van der Waals surface area contributed by atoms with Crippen molar-refractivity contribution in [2.75, 3.05) is 6.54 Å². The Morgan fingerprint density at radius 2 is 2.00 bits per heavy atom. The molecule has 0 unspecified atom stereocenters. The molecule has 15 heavy (non-hydrogen) atoms. The van der Waals surface area contributed by atoms with Crippen LogP contribution in [0.15, 0.2) is 12.5 Å². The summed E-state index contributed by atoms with van der Waals surface area (Å²) in [4.78, 5) is 4.26. The number of aromatic nitrogens is 2. The van der Waals surface area contributed by atoms with E-state index >= 15 is 0 Å². The van der Waals surface area contributed by atoms with Gasteiger partial charge in [0.1, 0.15) is 0 Å². The van der Waals surface area contributed by atoms with E-state index in [9.17, 15) is 0 Å². The molecule has 0 bridgehead atoms. The van der Waals surface area contributed by atoms with E-state index in [2.05, 4.69) is 37.2 Å². The summed E-state index contributed by atoms with van der Waals surface area (Å²) < 4.78 is 2.23. The average molecular weight is 209 g/mol. The molecule has 0 aliphatic rings. The van der Waals surface area contributed by atoms with Crippen molar-refractivity contribution in [1.82, 2.24) is 9.55 Å². The normalized spacial score (nSPS) is 12.4. The largest absolute Gasteiger partial charge is 0.328 e. The Balaban J connectivity index is 3.05. The monoisotopic (exact) mass is 209 g/mol. The van der Waals surface area contributed by atoms with Crippen LogP contribution in [0.2, 0.25) is 0 Å². The second-order valence-corrected chi connectivity index (χ2v) is 4.72. The van der Waals surface area contributed by atoms with Gasteiger partial charge in [0.05, 0.1) is 11.9 Å². The van der Waals surface area contributed by atoms with Gasteiger partial charge < -0.3 is 10.3 Å². The molecule has 2 N–H and O–H groups in total. The Morgan fingerprint density at radius 3 is 2.47 bits per heavy atom. The van der Waals surface area contributed by atoms with Gasteiger partial charge in [0.15, 0.2) is 0 Å². The maximum atomic E-state index is 5.80. The summed E-state index contributed by atoms with van der Waals surface area (Å²) in [5.74, 6) is 0.596. The molecule has 0 saturated heterocycles. The van der Waals surface area contributed by atoms with Crippen molar-refractivity contribution in [3.05, 3.63) is 18.2 Å². The van der Waals surface area contributed by atoms with E-state index in [4.69, 9.17) is 5.73 Å². The van der Waals surface area contributed by atoms with E-state index in [0.29, 0.717) is 12.5 Å². The standard InChI is InChI=1S/C12H23N3/c1-5-10(6-2)11-7-14-9-15(11)12(3,4)8-13/h7,9-10H,5-6,8,13H2,1-4H3. The summed E-state index contributed by atoms with van der Waals surface area (Å²) in [6.45, 7) is 9.39. The minimum Gasteiger partial charge on any atom is -0.328 e. The lowest BCUT2D eigenvalue weighted by Gasteiger charge is -2.29. The number of hydrogen-bond donors (Lipinski definition) is 1. The summed E-state index contributed by atoms with van der Waals surface area (Å²) in [7, 11) is 0. The molecule has 0 aliphatic carbocycles. The summed E-state index contributed by atoms with van der Waals surface area (Å²) in [6, 6.07) is 0. The van der Waals surface area contributed by atoms with Crippen LogP contribution in [0.5, 0.6) is 0 Å². The van der Waals surface area contributed by atoms with Crippen LogP contribution in [0.4, 0.5) is 0 Å². The van der Waals surface area contributed by atoms with Gasteiger partial charge in [0.2, 0.25) is 0 Å². The molecule has 0 amide bonds. The van der Waals surface area contributed by atoms with E-state index in [1.807, 2.05) is 12.5 Å². The van der Waals surface area contributed by atoms with Crippen molar-refractivity contribution >= 4 is 0 Å². The zero-order chi connectivity index (χ0) is 11.5. The highest BCUT2D eigenvalue weighted by Crippen LogP contribution is 2.26. The first-order chi connectivity index (χ1) is 7.06. The van der Waals surface area contributed by atoms with Gasteiger partial charge in [0, 0.05) is 24.4 Å². The van der Waals surface area contributed by atoms with Crippen molar-refractivity contribution in [2.45, 2.75) is 52.0 Å². The van der Waals surface area contributed by atoms with Crippen molar-refractivity contribution in [3.63, 3.8) is 0 Å². The number of imidazole rings is 1. The van der Waals surface area contributed by atoms with Gasteiger partial charge in [-0.2, -0.15) is 0 Å². The van der Waals surface area contributed by atoms with Crippen LogP contribution >= 0.6 is 0 Å². The zero-order valence-corrected chi connectivity index (χ0v) is 10.3. The summed E-state index contributed by atoms with van der Waals surface area (Å²) in [6.07, 6.45) is 6.20. The van der Waals surface area contributed by atoms with Gasteiger partial charge in [0.25, 0.3) is 0 Å². The molecule has 1 rings (SSSR count). The predicted molar refractivity (Wildman–Crippen MR) is 63.9 cm³/mol. The molecule has 0 radical (unpaired) electrons. The molecule has 1 heterocycles. The lowest BCUT2D eigenvalue weighted by Crippen LogP contribution is -2.36. The van der Waals surface area contributed by atoms with Crippen LogP contribution in [-0.2, 0) is 5.54 Å².